The van der Waals surface area contributed by atoms with Crippen molar-refractivity contribution in [1.29, 1.82) is 0 Å². The molecule has 0 radical (unpaired) electrons. The molecule has 7 heteroatoms. The monoisotopic (exact) mass is 326 g/mol. The van der Waals surface area contributed by atoms with Crippen LogP contribution in [0.1, 0.15) is 15.3 Å². The number of methoxy groups -OCH3 is 1. The summed E-state index contributed by atoms with van der Waals surface area (Å²) in [6, 6.07) is 6.50. The molecule has 0 unspecified atom stereocenters. The second kappa shape index (κ2) is 6.05. The Morgan fingerprint density at radius 3 is 2.52 bits per heavy atom. The molecule has 0 aliphatic carbocycles. The van der Waals surface area contributed by atoms with Gasteiger partial charge in [0.05, 0.1) is 12.8 Å². The highest BCUT2D eigenvalue weighted by atomic mass is 32.2. The number of thiophene rings is 1. The van der Waals surface area contributed by atoms with E-state index in [4.69, 9.17) is 10.5 Å². The van der Waals surface area contributed by atoms with Crippen molar-refractivity contribution < 1.29 is 13.2 Å². The quantitative estimate of drug-likeness (QED) is 0.827. The van der Waals surface area contributed by atoms with E-state index in [1.165, 1.54) is 24.1 Å². The van der Waals surface area contributed by atoms with E-state index in [0.29, 0.717) is 5.75 Å². The maximum absolute atomic E-state index is 12.3. The minimum atomic E-state index is -3.64. The van der Waals surface area contributed by atoms with Gasteiger partial charge in [-0.1, -0.05) is 0 Å². The van der Waals surface area contributed by atoms with Crippen LogP contribution < -0.4 is 15.2 Å². The van der Waals surface area contributed by atoms with Gasteiger partial charge < -0.3 is 10.5 Å². The molecule has 3 N–H and O–H groups in total. The zero-order chi connectivity index (χ0) is 15.6. The number of nitrogens with one attached hydrogen (secondary N) is 1. The van der Waals surface area contributed by atoms with Gasteiger partial charge >= 0.3 is 0 Å². The molecule has 0 aliphatic rings. The lowest BCUT2D eigenvalue weighted by molar-refractivity contribution is 0.414. The minimum Gasteiger partial charge on any atom is -0.497 e. The third kappa shape index (κ3) is 3.55. The molecule has 0 fully saturated rings. The number of hydrogen-bond acceptors (Lipinski definition) is 5. The van der Waals surface area contributed by atoms with Gasteiger partial charge in [0.2, 0.25) is 10.0 Å². The van der Waals surface area contributed by atoms with Crippen LogP contribution in [0.25, 0.3) is 0 Å². The Hall–Kier alpha value is -1.57. The first-order valence-electron chi connectivity index (χ1n) is 6.32. The Balaban J connectivity index is 2.18. The lowest BCUT2D eigenvalue weighted by Crippen LogP contribution is -2.23. The number of hydrogen-bond donors (Lipinski definition) is 2. The summed E-state index contributed by atoms with van der Waals surface area (Å²) in [6.07, 6.45) is 0. The third-order valence-electron chi connectivity index (χ3n) is 3.16. The average Bonchev–Trinajstić information content (AvgIpc) is 2.75. The zero-order valence-corrected chi connectivity index (χ0v) is 13.8. The van der Waals surface area contributed by atoms with E-state index < -0.39 is 10.0 Å². The van der Waals surface area contributed by atoms with Crippen molar-refractivity contribution in [1.82, 2.24) is 4.72 Å². The lowest BCUT2D eigenvalue weighted by Gasteiger charge is -2.09. The second-order valence-corrected chi connectivity index (χ2v) is 7.76. The maximum atomic E-state index is 12.3. The minimum absolute atomic E-state index is 0.0632. The molecule has 0 spiro atoms. The van der Waals surface area contributed by atoms with E-state index in [1.54, 1.807) is 17.4 Å². The van der Waals surface area contributed by atoms with Crippen molar-refractivity contribution in [3.63, 3.8) is 0 Å². The van der Waals surface area contributed by atoms with Crippen LogP contribution in [0.15, 0.2) is 29.2 Å². The Morgan fingerprint density at radius 2 is 2.00 bits per heavy atom. The smallest absolute Gasteiger partial charge is 0.242 e. The van der Waals surface area contributed by atoms with Gasteiger partial charge in [0.15, 0.2) is 0 Å². The average molecular weight is 326 g/mol. The summed E-state index contributed by atoms with van der Waals surface area (Å²) in [7, 11) is -2.14. The van der Waals surface area contributed by atoms with Crippen LogP contribution in [0.5, 0.6) is 5.75 Å². The summed E-state index contributed by atoms with van der Waals surface area (Å²) in [5, 5.41) is 0. The molecule has 1 aromatic carbocycles. The Morgan fingerprint density at radius 1 is 1.29 bits per heavy atom. The van der Waals surface area contributed by atoms with E-state index in [1.807, 2.05) is 19.9 Å². The third-order valence-corrected chi connectivity index (χ3v) is 5.79. The molecule has 0 atom stereocenters. The number of sulfonamides is 1. The van der Waals surface area contributed by atoms with Crippen LogP contribution in [0.3, 0.4) is 0 Å². The van der Waals surface area contributed by atoms with Crippen molar-refractivity contribution in [2.24, 2.45) is 0 Å². The molecule has 1 aromatic heterocycles. The van der Waals surface area contributed by atoms with Gasteiger partial charge in [0.1, 0.15) is 10.6 Å². The van der Waals surface area contributed by atoms with Crippen molar-refractivity contribution in [3.8, 4) is 5.75 Å². The van der Waals surface area contributed by atoms with Crippen molar-refractivity contribution >= 4 is 27.0 Å². The van der Waals surface area contributed by atoms with Crippen LogP contribution in [0.4, 0.5) is 5.69 Å². The number of nitrogens with two attached hydrogens (primary N) is 1. The molecule has 1 heterocycles. The Bertz CT molecular complexity index is 732. The summed E-state index contributed by atoms with van der Waals surface area (Å²) in [6.45, 7) is 4.28. The predicted molar refractivity (Wildman–Crippen MR) is 85.2 cm³/mol. The first kappa shape index (κ1) is 15.8. The van der Waals surface area contributed by atoms with E-state index >= 15 is 0 Å². The summed E-state index contributed by atoms with van der Waals surface area (Å²) < 4.78 is 32.2. The Kier molecular flexibility index (Phi) is 4.55. The molecular formula is C14H18N2O3S2. The number of aryl methyl sites for hydroxylation is 2. The summed E-state index contributed by atoms with van der Waals surface area (Å²) in [4.78, 5) is 2.22. The number of benzene rings is 1. The van der Waals surface area contributed by atoms with Crippen molar-refractivity contribution in [2.45, 2.75) is 25.3 Å². The fourth-order valence-electron chi connectivity index (χ4n) is 1.88. The Labute approximate surface area is 128 Å². The SMILES string of the molecule is COc1ccc(S(=O)(=O)NCc2cc(C)c(C)s2)c(N)c1. The number of nitrogen functional groups attached to an aromatic ring is 1. The molecule has 2 aromatic rings. The van der Waals surface area contributed by atoms with Crippen molar-refractivity contribution in [3.05, 3.63) is 39.6 Å². The summed E-state index contributed by atoms with van der Waals surface area (Å²) in [5.74, 6) is 0.524. The lowest BCUT2D eigenvalue weighted by atomic mass is 10.3. The molecule has 0 aliphatic heterocycles. The standard InChI is InChI=1S/C14H18N2O3S2/c1-9-6-12(20-10(9)2)8-16-21(17,18)14-5-4-11(19-3)7-13(14)15/h4-7,16H,8,15H2,1-3H3. The zero-order valence-electron chi connectivity index (χ0n) is 12.1. The van der Waals surface area contributed by atoms with Crippen LogP contribution in [0.2, 0.25) is 0 Å². The van der Waals surface area contributed by atoms with Crippen LogP contribution >= 0.6 is 11.3 Å². The molecule has 114 valence electrons. The first-order chi connectivity index (χ1) is 9.83. The predicted octanol–water partition coefficient (Wildman–Crippen LogP) is 2.43. The van der Waals surface area contributed by atoms with Gasteiger partial charge in [-0.3, -0.25) is 0 Å². The van der Waals surface area contributed by atoms with Crippen molar-refractivity contribution in [2.75, 3.05) is 12.8 Å². The van der Waals surface area contributed by atoms with Crippen LogP contribution in [-0.2, 0) is 16.6 Å². The maximum Gasteiger partial charge on any atom is 0.242 e. The van der Waals surface area contributed by atoms with E-state index in [0.717, 1.165) is 10.4 Å². The molecule has 21 heavy (non-hydrogen) atoms. The topological polar surface area (TPSA) is 81.4 Å². The van der Waals surface area contributed by atoms with Gasteiger partial charge in [-0.25, -0.2) is 13.1 Å². The number of anilines is 1. The normalized spacial score (nSPS) is 11.6. The molecule has 0 saturated heterocycles. The van der Waals surface area contributed by atoms with Gasteiger partial charge in [0.25, 0.3) is 0 Å². The number of rotatable bonds is 5. The molecule has 0 amide bonds. The van der Waals surface area contributed by atoms with Gasteiger partial charge in [-0.2, -0.15) is 0 Å². The van der Waals surface area contributed by atoms with E-state index in [9.17, 15) is 8.42 Å². The van der Waals surface area contributed by atoms with E-state index in [2.05, 4.69) is 4.72 Å². The van der Waals surface area contributed by atoms with Gasteiger partial charge in [-0.15, -0.1) is 11.3 Å². The molecule has 0 bridgehead atoms. The summed E-state index contributed by atoms with van der Waals surface area (Å²) >= 11 is 1.58. The van der Waals surface area contributed by atoms with Crippen LogP contribution in [0, 0.1) is 13.8 Å². The highest BCUT2D eigenvalue weighted by Gasteiger charge is 2.18. The highest BCUT2D eigenvalue weighted by molar-refractivity contribution is 7.89. The van der Waals surface area contributed by atoms with E-state index in [-0.39, 0.29) is 17.1 Å². The van der Waals surface area contributed by atoms with Gasteiger partial charge in [-0.05, 0) is 37.6 Å². The van der Waals surface area contributed by atoms with Crippen LogP contribution in [-0.4, -0.2) is 15.5 Å². The molecule has 5 nitrogen and oxygen atoms in total. The highest BCUT2D eigenvalue weighted by Crippen LogP contribution is 2.25. The number of ether oxygens (including phenoxy) is 1. The van der Waals surface area contributed by atoms with Gasteiger partial charge in [0, 0.05) is 22.4 Å². The molecule has 0 saturated carbocycles. The fraction of sp³-hybridized carbons (Fsp3) is 0.286. The largest absolute Gasteiger partial charge is 0.497 e. The molecule has 2 rings (SSSR count). The second-order valence-electron chi connectivity index (χ2n) is 4.68. The summed E-state index contributed by atoms with van der Waals surface area (Å²) in [5.41, 5.74) is 7.12. The molecular weight excluding hydrogens is 308 g/mol. The fourth-order valence-corrected chi connectivity index (χ4v) is 4.08. The first-order valence-corrected chi connectivity index (χ1v) is 8.62.